The van der Waals surface area contributed by atoms with E-state index in [2.05, 4.69) is 26.0 Å². The van der Waals surface area contributed by atoms with Crippen molar-refractivity contribution in [3.63, 3.8) is 0 Å². The molecule has 0 aliphatic heterocycles. The molecule has 3 aromatic rings. The highest BCUT2D eigenvalue weighted by Gasteiger charge is 2.20. The van der Waals surface area contributed by atoms with Gasteiger partial charge in [0, 0.05) is 15.7 Å². The van der Waals surface area contributed by atoms with Gasteiger partial charge in [-0.05, 0) is 61.0 Å². The number of rotatable bonds is 6. The summed E-state index contributed by atoms with van der Waals surface area (Å²) in [5.41, 5.74) is 1.73. The topological polar surface area (TPSA) is 88.4 Å². The highest BCUT2D eigenvalue weighted by Crippen LogP contribution is 2.24. The van der Waals surface area contributed by atoms with E-state index in [1.807, 2.05) is 13.0 Å². The van der Waals surface area contributed by atoms with Gasteiger partial charge in [0.05, 0.1) is 17.8 Å². The van der Waals surface area contributed by atoms with Crippen molar-refractivity contribution in [1.29, 1.82) is 0 Å². The van der Waals surface area contributed by atoms with Crippen molar-refractivity contribution in [3.05, 3.63) is 81.2 Å². The molecule has 0 atom stereocenters. The van der Waals surface area contributed by atoms with Crippen molar-refractivity contribution in [1.82, 2.24) is 4.72 Å². The summed E-state index contributed by atoms with van der Waals surface area (Å²) >= 11 is 9.47. The molecule has 0 spiro atoms. The average Bonchev–Trinajstić information content (AvgIpc) is 3.17. The van der Waals surface area contributed by atoms with Crippen LogP contribution in [-0.4, -0.2) is 14.3 Å². The van der Waals surface area contributed by atoms with E-state index in [1.54, 1.807) is 24.3 Å². The molecule has 1 heterocycles. The SMILES string of the molecule is Cc1cc(NC(=O)c2ccc(Cl)c(S(=O)(=O)NCc3ccco3)c2)ccc1Br. The maximum Gasteiger partial charge on any atom is 0.255 e. The Bertz CT molecular complexity index is 1110. The van der Waals surface area contributed by atoms with Gasteiger partial charge in [0.15, 0.2) is 0 Å². The molecule has 0 aliphatic rings. The van der Waals surface area contributed by atoms with Crippen LogP contribution < -0.4 is 10.0 Å². The Morgan fingerprint density at radius 2 is 1.96 bits per heavy atom. The maximum atomic E-state index is 12.6. The zero-order valence-corrected chi connectivity index (χ0v) is 17.9. The average molecular weight is 484 g/mol. The van der Waals surface area contributed by atoms with Gasteiger partial charge in [0.25, 0.3) is 5.91 Å². The van der Waals surface area contributed by atoms with Crippen molar-refractivity contribution >= 4 is 49.1 Å². The summed E-state index contributed by atoms with van der Waals surface area (Å²) in [5.74, 6) is 0.0140. The molecule has 9 heteroatoms. The summed E-state index contributed by atoms with van der Waals surface area (Å²) in [4.78, 5) is 12.4. The van der Waals surface area contributed by atoms with Crippen LogP contribution in [-0.2, 0) is 16.6 Å². The Balaban J connectivity index is 1.81. The first kappa shape index (κ1) is 20.6. The van der Waals surface area contributed by atoms with E-state index in [-0.39, 0.29) is 22.0 Å². The van der Waals surface area contributed by atoms with Crippen LogP contribution >= 0.6 is 27.5 Å². The molecule has 0 bridgehead atoms. The Labute approximate surface area is 176 Å². The third-order valence-electron chi connectivity index (χ3n) is 3.92. The number of hydrogen-bond donors (Lipinski definition) is 2. The Morgan fingerprint density at radius 1 is 1.18 bits per heavy atom. The lowest BCUT2D eigenvalue weighted by Gasteiger charge is -2.11. The van der Waals surface area contributed by atoms with Gasteiger partial charge in [0.2, 0.25) is 10.0 Å². The molecule has 0 saturated carbocycles. The number of benzene rings is 2. The summed E-state index contributed by atoms with van der Waals surface area (Å²) in [6, 6.07) is 12.8. The van der Waals surface area contributed by atoms with Crippen LogP contribution in [0.4, 0.5) is 5.69 Å². The molecule has 146 valence electrons. The van der Waals surface area contributed by atoms with Crippen LogP contribution in [0.25, 0.3) is 0 Å². The fourth-order valence-electron chi connectivity index (χ4n) is 2.43. The molecule has 2 aromatic carbocycles. The zero-order chi connectivity index (χ0) is 20.3. The number of nitrogens with one attached hydrogen (secondary N) is 2. The van der Waals surface area contributed by atoms with Crippen LogP contribution in [0.2, 0.25) is 5.02 Å². The minimum atomic E-state index is -3.94. The highest BCUT2D eigenvalue weighted by atomic mass is 79.9. The molecule has 0 fully saturated rings. The number of aryl methyl sites for hydroxylation is 1. The molecule has 6 nitrogen and oxygen atoms in total. The van der Waals surface area contributed by atoms with Gasteiger partial charge < -0.3 is 9.73 Å². The molecular formula is C19H16BrClN2O4S. The van der Waals surface area contributed by atoms with Gasteiger partial charge in [-0.15, -0.1) is 0 Å². The molecule has 2 N–H and O–H groups in total. The molecule has 3 rings (SSSR count). The summed E-state index contributed by atoms with van der Waals surface area (Å²) < 4.78 is 33.6. The van der Waals surface area contributed by atoms with Crippen LogP contribution in [0.3, 0.4) is 0 Å². The second-order valence-electron chi connectivity index (χ2n) is 5.97. The largest absolute Gasteiger partial charge is 0.468 e. The second-order valence-corrected chi connectivity index (χ2v) is 8.96. The van der Waals surface area contributed by atoms with E-state index in [0.717, 1.165) is 10.0 Å². The molecule has 1 aromatic heterocycles. The van der Waals surface area contributed by atoms with Crippen molar-refractivity contribution < 1.29 is 17.6 Å². The van der Waals surface area contributed by atoms with Crippen molar-refractivity contribution in [2.24, 2.45) is 0 Å². The van der Waals surface area contributed by atoms with E-state index in [9.17, 15) is 13.2 Å². The number of carbonyl (C=O) groups is 1. The van der Waals surface area contributed by atoms with E-state index in [4.69, 9.17) is 16.0 Å². The normalized spacial score (nSPS) is 11.4. The molecule has 0 saturated heterocycles. The van der Waals surface area contributed by atoms with Gasteiger partial charge in [-0.1, -0.05) is 27.5 Å². The first-order valence-electron chi connectivity index (χ1n) is 8.15. The standard InChI is InChI=1S/C19H16BrClN2O4S/c1-12-9-14(5-6-16(12)20)23-19(24)13-4-7-17(21)18(10-13)28(25,26)22-11-15-3-2-8-27-15/h2-10,22H,11H2,1H3,(H,23,24). The monoisotopic (exact) mass is 482 g/mol. The summed E-state index contributed by atoms with van der Waals surface area (Å²) in [7, 11) is -3.94. The lowest BCUT2D eigenvalue weighted by Crippen LogP contribution is -2.24. The van der Waals surface area contributed by atoms with Gasteiger partial charge in [0.1, 0.15) is 10.7 Å². The number of hydrogen-bond acceptors (Lipinski definition) is 4. The summed E-state index contributed by atoms with van der Waals surface area (Å²) in [5, 5.41) is 2.76. The fourth-order valence-corrected chi connectivity index (χ4v) is 4.20. The second kappa shape index (κ2) is 8.48. The van der Waals surface area contributed by atoms with E-state index in [0.29, 0.717) is 11.4 Å². The minimum absolute atomic E-state index is 0.0166. The number of amides is 1. The Morgan fingerprint density at radius 3 is 2.64 bits per heavy atom. The van der Waals surface area contributed by atoms with Crippen molar-refractivity contribution in [2.75, 3.05) is 5.32 Å². The number of carbonyl (C=O) groups excluding carboxylic acids is 1. The quantitative estimate of drug-likeness (QED) is 0.530. The molecular weight excluding hydrogens is 468 g/mol. The number of sulfonamides is 1. The molecule has 0 aliphatic carbocycles. The number of halogens is 2. The van der Waals surface area contributed by atoms with Crippen molar-refractivity contribution in [3.8, 4) is 0 Å². The summed E-state index contributed by atoms with van der Waals surface area (Å²) in [6.45, 7) is 1.87. The van der Waals surface area contributed by atoms with Crippen LogP contribution in [0.1, 0.15) is 21.7 Å². The number of anilines is 1. The predicted octanol–water partition coefficient (Wildman–Crippen LogP) is 4.73. The third-order valence-corrected chi connectivity index (χ3v) is 6.69. The maximum absolute atomic E-state index is 12.6. The van der Waals surface area contributed by atoms with Gasteiger partial charge in [-0.3, -0.25) is 4.79 Å². The Kier molecular flexibility index (Phi) is 6.24. The highest BCUT2D eigenvalue weighted by molar-refractivity contribution is 9.10. The van der Waals surface area contributed by atoms with Gasteiger partial charge in [-0.25, -0.2) is 13.1 Å². The van der Waals surface area contributed by atoms with E-state index < -0.39 is 15.9 Å². The Hall–Kier alpha value is -2.13. The first-order valence-corrected chi connectivity index (χ1v) is 10.8. The van der Waals surface area contributed by atoms with Gasteiger partial charge >= 0.3 is 0 Å². The van der Waals surface area contributed by atoms with E-state index >= 15 is 0 Å². The molecule has 28 heavy (non-hydrogen) atoms. The lowest BCUT2D eigenvalue weighted by atomic mass is 10.2. The van der Waals surface area contributed by atoms with Crippen LogP contribution in [0, 0.1) is 6.92 Å². The predicted molar refractivity (Wildman–Crippen MR) is 111 cm³/mol. The smallest absolute Gasteiger partial charge is 0.255 e. The molecule has 1 amide bonds. The van der Waals surface area contributed by atoms with Crippen LogP contribution in [0.15, 0.2) is 68.6 Å². The minimum Gasteiger partial charge on any atom is -0.468 e. The lowest BCUT2D eigenvalue weighted by molar-refractivity contribution is 0.102. The van der Waals surface area contributed by atoms with Crippen molar-refractivity contribution in [2.45, 2.75) is 18.4 Å². The fraction of sp³-hybridized carbons (Fsp3) is 0.105. The zero-order valence-electron chi connectivity index (χ0n) is 14.7. The van der Waals surface area contributed by atoms with E-state index in [1.165, 1.54) is 24.5 Å². The summed E-state index contributed by atoms with van der Waals surface area (Å²) in [6.07, 6.45) is 1.45. The molecule has 0 unspecified atom stereocenters. The third kappa shape index (κ3) is 4.82. The van der Waals surface area contributed by atoms with Gasteiger partial charge in [-0.2, -0.15) is 0 Å². The van der Waals surface area contributed by atoms with Crippen LogP contribution in [0.5, 0.6) is 0 Å². The molecule has 0 radical (unpaired) electrons. The number of furan rings is 1. The first-order chi connectivity index (χ1) is 13.3.